The molecule has 0 aliphatic carbocycles. The lowest BCUT2D eigenvalue weighted by Crippen LogP contribution is -2.14. The summed E-state index contributed by atoms with van der Waals surface area (Å²) in [7, 11) is 0. The first-order valence-electron chi connectivity index (χ1n) is 8.25. The van der Waals surface area contributed by atoms with Crippen molar-refractivity contribution in [3.63, 3.8) is 0 Å². The summed E-state index contributed by atoms with van der Waals surface area (Å²) < 4.78 is 0. The van der Waals surface area contributed by atoms with Crippen LogP contribution in [-0.2, 0) is 11.2 Å². The fraction of sp³-hybridized carbons (Fsp3) is 0.0909. The van der Waals surface area contributed by atoms with E-state index in [4.69, 9.17) is 0 Å². The minimum Gasteiger partial charge on any atom is -0.326 e. The maximum Gasteiger partial charge on any atom is 0.228 e. The van der Waals surface area contributed by atoms with Crippen molar-refractivity contribution in [1.82, 2.24) is 4.98 Å². The van der Waals surface area contributed by atoms with Gasteiger partial charge >= 0.3 is 0 Å². The van der Waals surface area contributed by atoms with Crippen LogP contribution in [0.5, 0.6) is 0 Å². The molecule has 2 aromatic carbocycles. The first kappa shape index (κ1) is 16.7. The molecule has 3 aromatic rings. The van der Waals surface area contributed by atoms with Crippen LogP contribution in [0.25, 0.3) is 12.2 Å². The number of carbonyl (C=O) groups excluding carboxylic acids is 1. The summed E-state index contributed by atoms with van der Waals surface area (Å²) in [5.74, 6) is -0.0153. The van der Waals surface area contributed by atoms with Gasteiger partial charge in [-0.2, -0.15) is 0 Å². The van der Waals surface area contributed by atoms with E-state index in [0.29, 0.717) is 6.42 Å². The lowest BCUT2D eigenvalue weighted by atomic mass is 10.1. The highest BCUT2D eigenvalue weighted by Crippen LogP contribution is 2.13. The van der Waals surface area contributed by atoms with E-state index in [-0.39, 0.29) is 5.91 Å². The fourth-order valence-corrected chi connectivity index (χ4v) is 2.50. The largest absolute Gasteiger partial charge is 0.326 e. The van der Waals surface area contributed by atoms with Crippen molar-refractivity contribution in [3.05, 3.63) is 95.3 Å². The molecule has 0 spiro atoms. The summed E-state index contributed by atoms with van der Waals surface area (Å²) in [6.45, 7) is 1.98. The smallest absolute Gasteiger partial charge is 0.228 e. The number of rotatable bonds is 5. The van der Waals surface area contributed by atoms with Gasteiger partial charge in [-0.25, -0.2) is 0 Å². The molecule has 3 rings (SSSR count). The highest BCUT2D eigenvalue weighted by Gasteiger charge is 2.03. The van der Waals surface area contributed by atoms with Gasteiger partial charge in [0.25, 0.3) is 0 Å². The van der Waals surface area contributed by atoms with Crippen molar-refractivity contribution >= 4 is 23.7 Å². The van der Waals surface area contributed by atoms with Gasteiger partial charge in [-0.05, 0) is 48.4 Å². The standard InChI is InChI=1S/C22H20N2O/c1-17-6-5-9-20(23-17)13-10-18-11-14-21(15-12-18)24-22(25)16-19-7-3-2-4-8-19/h2-15H,16H2,1H3,(H,24,25)/b13-10+. The Hall–Kier alpha value is -3.20. The molecule has 1 heterocycles. The van der Waals surface area contributed by atoms with Gasteiger partial charge in [0.15, 0.2) is 0 Å². The van der Waals surface area contributed by atoms with Crippen LogP contribution in [0.3, 0.4) is 0 Å². The van der Waals surface area contributed by atoms with Gasteiger partial charge in [0, 0.05) is 11.4 Å². The number of hydrogen-bond acceptors (Lipinski definition) is 2. The monoisotopic (exact) mass is 328 g/mol. The number of amides is 1. The number of carbonyl (C=O) groups is 1. The predicted molar refractivity (Wildman–Crippen MR) is 103 cm³/mol. The minimum absolute atomic E-state index is 0.0153. The molecular formula is C22H20N2O. The molecule has 1 N–H and O–H groups in total. The van der Waals surface area contributed by atoms with E-state index in [0.717, 1.165) is 28.2 Å². The minimum atomic E-state index is -0.0153. The molecule has 0 atom stereocenters. The molecule has 0 saturated carbocycles. The predicted octanol–water partition coefficient (Wildman–Crippen LogP) is 4.74. The van der Waals surface area contributed by atoms with E-state index in [1.54, 1.807) is 0 Å². The molecule has 3 nitrogen and oxygen atoms in total. The number of benzene rings is 2. The van der Waals surface area contributed by atoms with Gasteiger partial charge in [0.2, 0.25) is 5.91 Å². The van der Waals surface area contributed by atoms with E-state index in [1.807, 2.05) is 91.9 Å². The summed E-state index contributed by atoms with van der Waals surface area (Å²) in [6, 6.07) is 23.4. The van der Waals surface area contributed by atoms with Gasteiger partial charge in [-0.1, -0.05) is 54.6 Å². The van der Waals surface area contributed by atoms with Crippen molar-refractivity contribution in [2.45, 2.75) is 13.3 Å². The second kappa shape index (κ2) is 8.06. The SMILES string of the molecule is Cc1cccc(/C=C/c2ccc(NC(=O)Cc3ccccc3)cc2)n1. The first-order chi connectivity index (χ1) is 12.2. The number of nitrogens with one attached hydrogen (secondary N) is 1. The van der Waals surface area contributed by atoms with Gasteiger partial charge in [0.05, 0.1) is 12.1 Å². The number of pyridine rings is 1. The van der Waals surface area contributed by atoms with Crippen LogP contribution < -0.4 is 5.32 Å². The van der Waals surface area contributed by atoms with E-state index >= 15 is 0 Å². The number of hydrogen-bond donors (Lipinski definition) is 1. The van der Waals surface area contributed by atoms with Crippen LogP contribution in [0.2, 0.25) is 0 Å². The molecule has 0 saturated heterocycles. The van der Waals surface area contributed by atoms with Crippen LogP contribution in [0.15, 0.2) is 72.8 Å². The zero-order valence-corrected chi connectivity index (χ0v) is 14.1. The molecule has 0 bridgehead atoms. The van der Waals surface area contributed by atoms with Crippen LogP contribution in [0, 0.1) is 6.92 Å². The summed E-state index contributed by atoms with van der Waals surface area (Å²) >= 11 is 0. The average Bonchev–Trinajstić information content (AvgIpc) is 2.62. The maximum absolute atomic E-state index is 12.1. The van der Waals surface area contributed by atoms with Gasteiger partial charge < -0.3 is 5.32 Å². The molecule has 0 radical (unpaired) electrons. The topological polar surface area (TPSA) is 42.0 Å². The quantitative estimate of drug-likeness (QED) is 0.735. The molecule has 0 aliphatic heterocycles. The second-order valence-electron chi connectivity index (χ2n) is 5.87. The molecule has 25 heavy (non-hydrogen) atoms. The average molecular weight is 328 g/mol. The number of nitrogens with zero attached hydrogens (tertiary/aromatic N) is 1. The van der Waals surface area contributed by atoms with Gasteiger partial charge in [-0.15, -0.1) is 0 Å². The van der Waals surface area contributed by atoms with Gasteiger partial charge in [0.1, 0.15) is 0 Å². The third-order valence-corrected chi connectivity index (χ3v) is 3.76. The van der Waals surface area contributed by atoms with Crippen molar-refractivity contribution in [3.8, 4) is 0 Å². The fourth-order valence-electron chi connectivity index (χ4n) is 2.50. The molecule has 1 aromatic heterocycles. The Labute approximate surface area is 148 Å². The summed E-state index contributed by atoms with van der Waals surface area (Å²) in [5.41, 5.74) is 4.79. The van der Waals surface area contributed by atoms with Crippen LogP contribution in [0.4, 0.5) is 5.69 Å². The zero-order valence-electron chi connectivity index (χ0n) is 14.1. The summed E-state index contributed by atoms with van der Waals surface area (Å²) in [6.07, 6.45) is 4.37. The van der Waals surface area contributed by atoms with E-state index in [1.165, 1.54) is 0 Å². The van der Waals surface area contributed by atoms with Crippen LogP contribution in [0.1, 0.15) is 22.5 Å². The Kier molecular flexibility index (Phi) is 5.37. The number of anilines is 1. The van der Waals surface area contributed by atoms with Crippen LogP contribution >= 0.6 is 0 Å². The van der Waals surface area contributed by atoms with Crippen molar-refractivity contribution in [2.24, 2.45) is 0 Å². The summed E-state index contributed by atoms with van der Waals surface area (Å²) in [5, 5.41) is 2.92. The van der Waals surface area contributed by atoms with Crippen molar-refractivity contribution in [1.29, 1.82) is 0 Å². The molecular weight excluding hydrogens is 308 g/mol. The Morgan fingerprint density at radius 1 is 0.920 bits per heavy atom. The lowest BCUT2D eigenvalue weighted by Gasteiger charge is -2.05. The molecule has 0 aliphatic rings. The van der Waals surface area contributed by atoms with Crippen LogP contribution in [-0.4, -0.2) is 10.9 Å². The molecule has 124 valence electrons. The van der Waals surface area contributed by atoms with E-state index in [2.05, 4.69) is 10.3 Å². The number of aryl methyl sites for hydroxylation is 1. The third kappa shape index (κ3) is 5.15. The highest BCUT2D eigenvalue weighted by molar-refractivity contribution is 5.92. The van der Waals surface area contributed by atoms with E-state index < -0.39 is 0 Å². The summed E-state index contributed by atoms with van der Waals surface area (Å²) in [4.78, 5) is 16.5. The lowest BCUT2D eigenvalue weighted by molar-refractivity contribution is -0.115. The third-order valence-electron chi connectivity index (χ3n) is 3.76. The van der Waals surface area contributed by atoms with E-state index in [9.17, 15) is 4.79 Å². The van der Waals surface area contributed by atoms with Gasteiger partial charge in [-0.3, -0.25) is 9.78 Å². The molecule has 0 unspecified atom stereocenters. The maximum atomic E-state index is 12.1. The van der Waals surface area contributed by atoms with Crippen molar-refractivity contribution in [2.75, 3.05) is 5.32 Å². The van der Waals surface area contributed by atoms with Crippen molar-refractivity contribution < 1.29 is 4.79 Å². The normalized spacial score (nSPS) is 10.8. The molecule has 0 fully saturated rings. The Morgan fingerprint density at radius 2 is 1.68 bits per heavy atom. The Balaban J connectivity index is 1.59. The first-order valence-corrected chi connectivity index (χ1v) is 8.25. The second-order valence-corrected chi connectivity index (χ2v) is 5.87. The molecule has 1 amide bonds. The number of aromatic nitrogens is 1. The Morgan fingerprint density at radius 3 is 2.40 bits per heavy atom. The Bertz CT molecular complexity index is 868. The molecule has 3 heteroatoms. The highest BCUT2D eigenvalue weighted by atomic mass is 16.1. The zero-order chi connectivity index (χ0) is 17.5.